The molecule has 0 saturated carbocycles. The van der Waals surface area contributed by atoms with E-state index in [0.717, 1.165) is 11.4 Å². The molecule has 0 spiro atoms. The Hall–Kier alpha value is -2.87. The molecule has 1 heterocycles. The third kappa shape index (κ3) is 3.61. The molecule has 108 valence electrons. The number of hydrogen-bond acceptors (Lipinski definition) is 2. The predicted octanol–water partition coefficient (Wildman–Crippen LogP) is 5.13. The zero-order chi connectivity index (χ0) is 15.0. The van der Waals surface area contributed by atoms with Gasteiger partial charge in [-0.3, -0.25) is 4.99 Å². The summed E-state index contributed by atoms with van der Waals surface area (Å²) in [5.74, 6) is 0.880. The first-order chi connectivity index (χ1) is 10.9. The van der Waals surface area contributed by atoms with E-state index in [0.29, 0.717) is 6.61 Å². The Labute approximate surface area is 130 Å². The topological polar surface area (TPSA) is 21.6 Å². The van der Waals surface area contributed by atoms with Crippen molar-refractivity contribution in [2.24, 2.45) is 4.99 Å². The van der Waals surface area contributed by atoms with Crippen LogP contribution in [0.5, 0.6) is 5.75 Å². The van der Waals surface area contributed by atoms with Gasteiger partial charge in [0.15, 0.2) is 0 Å². The number of hydrogen-bond donors (Lipinski definition) is 0. The Balaban J connectivity index is 0.000000133. The number of nitrogens with zero attached hydrogens (tertiary/aromatic N) is 1. The van der Waals surface area contributed by atoms with Gasteiger partial charge in [0.1, 0.15) is 18.0 Å². The molecule has 2 heteroatoms. The summed E-state index contributed by atoms with van der Waals surface area (Å²) >= 11 is 0. The second kappa shape index (κ2) is 7.23. The minimum absolute atomic E-state index is 0.594. The third-order valence-electron chi connectivity index (χ3n) is 3.29. The van der Waals surface area contributed by atoms with Gasteiger partial charge in [-0.2, -0.15) is 0 Å². The molecule has 0 atom stereocenters. The van der Waals surface area contributed by atoms with Crippen LogP contribution in [-0.2, 0) is 0 Å². The predicted molar refractivity (Wildman–Crippen MR) is 92.0 cm³/mol. The number of benzene rings is 3. The molecule has 0 radical (unpaired) electrons. The van der Waals surface area contributed by atoms with Gasteiger partial charge in [-0.1, -0.05) is 72.8 Å². The monoisotopic (exact) mass is 287 g/mol. The van der Waals surface area contributed by atoms with Gasteiger partial charge in [0.2, 0.25) is 0 Å². The van der Waals surface area contributed by atoms with Crippen molar-refractivity contribution in [1.29, 1.82) is 0 Å². The first kappa shape index (κ1) is 14.1. The summed E-state index contributed by atoms with van der Waals surface area (Å²) < 4.78 is 5.27. The van der Waals surface area contributed by atoms with Crippen molar-refractivity contribution in [3.63, 3.8) is 0 Å². The van der Waals surface area contributed by atoms with Crippen LogP contribution in [0.15, 0.2) is 89.9 Å². The maximum atomic E-state index is 5.27. The van der Waals surface area contributed by atoms with Crippen molar-refractivity contribution >= 4 is 11.9 Å². The van der Waals surface area contributed by atoms with Crippen LogP contribution in [0.3, 0.4) is 0 Å². The Kier molecular flexibility index (Phi) is 4.63. The molecule has 1 aliphatic heterocycles. The Morgan fingerprint density at radius 3 is 1.77 bits per heavy atom. The van der Waals surface area contributed by atoms with E-state index in [9.17, 15) is 0 Å². The van der Waals surface area contributed by atoms with Gasteiger partial charge in [0, 0.05) is 6.21 Å². The normalized spacial score (nSPS) is 11.6. The van der Waals surface area contributed by atoms with Crippen molar-refractivity contribution in [1.82, 2.24) is 0 Å². The maximum Gasteiger partial charge on any atom is 0.145 e. The van der Waals surface area contributed by atoms with Crippen LogP contribution in [0.1, 0.15) is 0 Å². The van der Waals surface area contributed by atoms with Gasteiger partial charge in [-0.15, -0.1) is 0 Å². The quantitative estimate of drug-likeness (QED) is 0.607. The lowest BCUT2D eigenvalue weighted by Crippen LogP contribution is -2.01. The van der Waals surface area contributed by atoms with Crippen LogP contribution in [0, 0.1) is 0 Å². The minimum atomic E-state index is 0.594. The van der Waals surface area contributed by atoms with Crippen LogP contribution in [-0.4, -0.2) is 12.8 Å². The maximum absolute atomic E-state index is 5.27. The molecule has 1 aliphatic rings. The van der Waals surface area contributed by atoms with Crippen LogP contribution in [0.4, 0.5) is 5.69 Å². The van der Waals surface area contributed by atoms with Gasteiger partial charge in [-0.05, 0) is 23.3 Å². The molecule has 0 aliphatic carbocycles. The molecular weight excluding hydrogens is 270 g/mol. The summed E-state index contributed by atoms with van der Waals surface area (Å²) in [5, 5.41) is 0. The van der Waals surface area contributed by atoms with Gasteiger partial charge >= 0.3 is 0 Å². The van der Waals surface area contributed by atoms with Gasteiger partial charge in [-0.25, -0.2) is 0 Å². The molecule has 4 rings (SSSR count). The summed E-state index contributed by atoms with van der Waals surface area (Å²) in [6.45, 7) is 0.594. The molecule has 2 nitrogen and oxygen atoms in total. The first-order valence-electron chi connectivity index (χ1n) is 7.28. The second-order valence-corrected chi connectivity index (χ2v) is 4.82. The highest BCUT2D eigenvalue weighted by molar-refractivity contribution is 5.70. The SMILES string of the molecule is C1=Nc2ccccc2OC1.c1ccc(-c2ccccc2)cc1. The Bertz CT molecular complexity index is 698. The second-order valence-electron chi connectivity index (χ2n) is 4.82. The molecule has 22 heavy (non-hydrogen) atoms. The standard InChI is InChI=1S/C12H10.C8H7NO/c1-3-7-11(8-4-1)12-9-5-2-6-10-12;1-2-4-8-7(3-1)9-5-6-10-8/h1-10H;1-5H,6H2. The molecule has 3 aromatic rings. The highest BCUT2D eigenvalue weighted by Gasteiger charge is 2.02. The smallest absolute Gasteiger partial charge is 0.145 e. The summed E-state index contributed by atoms with van der Waals surface area (Å²) in [7, 11) is 0. The first-order valence-corrected chi connectivity index (χ1v) is 7.28. The molecular formula is C20H17NO. The summed E-state index contributed by atoms with van der Waals surface area (Å²) in [5.41, 5.74) is 3.48. The van der Waals surface area contributed by atoms with Crippen LogP contribution >= 0.6 is 0 Å². The molecule has 0 amide bonds. The lowest BCUT2D eigenvalue weighted by molar-refractivity contribution is 0.377. The fourth-order valence-corrected chi connectivity index (χ4v) is 2.21. The number of rotatable bonds is 1. The van der Waals surface area contributed by atoms with E-state index in [1.807, 2.05) is 36.4 Å². The number of fused-ring (bicyclic) bond motifs is 1. The van der Waals surface area contributed by atoms with Crippen LogP contribution < -0.4 is 4.74 Å². The van der Waals surface area contributed by atoms with Crippen LogP contribution in [0.2, 0.25) is 0 Å². The van der Waals surface area contributed by atoms with E-state index in [2.05, 4.69) is 53.5 Å². The van der Waals surface area contributed by atoms with Crippen molar-refractivity contribution < 1.29 is 4.74 Å². The fraction of sp³-hybridized carbons (Fsp3) is 0.0500. The number of ether oxygens (including phenoxy) is 1. The molecule has 0 saturated heterocycles. The van der Waals surface area contributed by atoms with E-state index in [1.165, 1.54) is 11.1 Å². The van der Waals surface area contributed by atoms with Crippen molar-refractivity contribution in [3.05, 3.63) is 84.9 Å². The summed E-state index contributed by atoms with van der Waals surface area (Å²) in [6.07, 6.45) is 1.77. The zero-order valence-corrected chi connectivity index (χ0v) is 12.2. The van der Waals surface area contributed by atoms with Gasteiger partial charge < -0.3 is 4.74 Å². The Morgan fingerprint density at radius 1 is 0.636 bits per heavy atom. The van der Waals surface area contributed by atoms with Crippen LogP contribution in [0.25, 0.3) is 11.1 Å². The van der Waals surface area contributed by atoms with E-state index >= 15 is 0 Å². The fourth-order valence-electron chi connectivity index (χ4n) is 2.21. The molecule has 0 N–H and O–H groups in total. The Morgan fingerprint density at radius 2 is 1.18 bits per heavy atom. The lowest BCUT2D eigenvalue weighted by Gasteiger charge is -2.09. The van der Waals surface area contributed by atoms with Gasteiger partial charge in [0.25, 0.3) is 0 Å². The lowest BCUT2D eigenvalue weighted by atomic mass is 10.1. The minimum Gasteiger partial charge on any atom is -0.486 e. The van der Waals surface area contributed by atoms with Crippen molar-refractivity contribution in [3.8, 4) is 16.9 Å². The average molecular weight is 287 g/mol. The summed E-state index contributed by atoms with van der Waals surface area (Å²) in [6, 6.07) is 28.5. The molecule has 0 unspecified atom stereocenters. The zero-order valence-electron chi connectivity index (χ0n) is 12.2. The van der Waals surface area contributed by atoms with Crippen molar-refractivity contribution in [2.45, 2.75) is 0 Å². The van der Waals surface area contributed by atoms with E-state index in [4.69, 9.17) is 4.74 Å². The molecule has 0 aromatic heterocycles. The molecule has 3 aromatic carbocycles. The average Bonchev–Trinajstić information content (AvgIpc) is 2.64. The van der Waals surface area contributed by atoms with Crippen molar-refractivity contribution in [2.75, 3.05) is 6.61 Å². The highest BCUT2D eigenvalue weighted by atomic mass is 16.5. The summed E-state index contributed by atoms with van der Waals surface area (Å²) in [4.78, 5) is 4.14. The molecule has 0 bridgehead atoms. The third-order valence-corrected chi connectivity index (χ3v) is 3.29. The number of aliphatic imine (C=N–C) groups is 1. The van der Waals surface area contributed by atoms with Gasteiger partial charge in [0.05, 0.1) is 0 Å². The number of para-hydroxylation sites is 2. The van der Waals surface area contributed by atoms with E-state index < -0.39 is 0 Å². The van der Waals surface area contributed by atoms with E-state index in [1.54, 1.807) is 6.21 Å². The van der Waals surface area contributed by atoms with E-state index in [-0.39, 0.29) is 0 Å². The molecule has 0 fully saturated rings. The highest BCUT2D eigenvalue weighted by Crippen LogP contribution is 2.27. The largest absolute Gasteiger partial charge is 0.486 e.